The summed E-state index contributed by atoms with van der Waals surface area (Å²) in [6.45, 7) is 18.4. The molecule has 1 saturated heterocycles. The van der Waals surface area contributed by atoms with Gasteiger partial charge in [-0.05, 0) is 78.0 Å². The Morgan fingerprint density at radius 1 is 1.24 bits per heavy atom. The van der Waals surface area contributed by atoms with Crippen LogP contribution in [0.3, 0.4) is 0 Å². The minimum Gasteiger partial charge on any atom is -0.457 e. The number of rotatable bonds is 11. The molecule has 2 N–H and O–H groups in total. The lowest BCUT2D eigenvalue weighted by atomic mass is 9.89. The van der Waals surface area contributed by atoms with Crippen molar-refractivity contribution in [1.29, 1.82) is 0 Å². The highest BCUT2D eigenvalue weighted by molar-refractivity contribution is 5.90. The van der Waals surface area contributed by atoms with E-state index >= 15 is 0 Å². The van der Waals surface area contributed by atoms with Gasteiger partial charge in [-0.25, -0.2) is 9.78 Å². The maximum Gasteiger partial charge on any atom is 0.333 e. The maximum absolute atomic E-state index is 13.3. The molecular weight excluding hydrogens is 466 g/mol. The van der Waals surface area contributed by atoms with Gasteiger partial charge in [0.15, 0.2) is 0 Å². The van der Waals surface area contributed by atoms with Crippen LogP contribution in [-0.4, -0.2) is 65.9 Å². The number of aliphatic imine (C=N–C) groups is 1. The number of carbonyl (C=O) groups excluding carboxylic acids is 2. The molecule has 204 valence electrons. The third-order valence-electron chi connectivity index (χ3n) is 6.42. The summed E-state index contributed by atoms with van der Waals surface area (Å²) in [5, 5.41) is 0. The fourth-order valence-electron chi connectivity index (χ4n) is 4.33. The van der Waals surface area contributed by atoms with Crippen LogP contribution in [0.5, 0.6) is 0 Å². The molecule has 1 aromatic rings. The van der Waals surface area contributed by atoms with Crippen LogP contribution < -0.4 is 10.6 Å². The molecule has 2 rings (SSSR count). The standard InChI is InChI=1S/C29H45N5O3/c1-8-25(30)31-15-14-24(13-12-21(2)28(36)37-29(5,6)7)20-22(3)27(35)34-18-16-33(17-19-34)26-11-9-10-23(4)32-26/h8-12,22,24H,1,13-20H2,2-7H3,(H2,30,31). The fourth-order valence-corrected chi connectivity index (χ4v) is 4.33. The van der Waals surface area contributed by atoms with E-state index < -0.39 is 5.60 Å². The van der Waals surface area contributed by atoms with E-state index in [2.05, 4.69) is 21.5 Å². The lowest BCUT2D eigenvalue weighted by molar-refractivity contribution is -0.149. The molecule has 0 bridgehead atoms. The lowest BCUT2D eigenvalue weighted by Crippen LogP contribution is -2.50. The molecule has 1 aliphatic heterocycles. The van der Waals surface area contributed by atoms with E-state index in [0.29, 0.717) is 43.9 Å². The Bertz CT molecular complexity index is 988. The van der Waals surface area contributed by atoms with Crippen LogP contribution in [0.1, 0.15) is 59.6 Å². The van der Waals surface area contributed by atoms with Crippen LogP contribution in [0.2, 0.25) is 0 Å². The van der Waals surface area contributed by atoms with Crippen molar-refractivity contribution in [1.82, 2.24) is 9.88 Å². The molecule has 8 heteroatoms. The molecule has 0 aliphatic carbocycles. The van der Waals surface area contributed by atoms with Crippen LogP contribution in [0.25, 0.3) is 0 Å². The highest BCUT2D eigenvalue weighted by atomic mass is 16.6. The van der Waals surface area contributed by atoms with Crippen LogP contribution in [-0.2, 0) is 14.3 Å². The smallest absolute Gasteiger partial charge is 0.333 e. The molecule has 1 fully saturated rings. The second-order valence-corrected chi connectivity index (χ2v) is 10.9. The zero-order valence-electron chi connectivity index (χ0n) is 23.5. The van der Waals surface area contributed by atoms with E-state index in [4.69, 9.17) is 10.5 Å². The van der Waals surface area contributed by atoms with Crippen molar-refractivity contribution in [3.8, 4) is 0 Å². The minimum atomic E-state index is -0.539. The average molecular weight is 512 g/mol. The number of pyridine rings is 1. The summed E-state index contributed by atoms with van der Waals surface area (Å²) in [6.07, 6.45) is 5.58. The molecule has 8 nitrogen and oxygen atoms in total. The number of nitrogens with zero attached hydrogens (tertiary/aromatic N) is 4. The monoisotopic (exact) mass is 511 g/mol. The molecule has 0 saturated carbocycles. The van der Waals surface area contributed by atoms with Gasteiger partial charge in [-0.15, -0.1) is 0 Å². The molecule has 0 aromatic carbocycles. The first-order chi connectivity index (χ1) is 17.4. The summed E-state index contributed by atoms with van der Waals surface area (Å²) in [6, 6.07) is 6.03. The SMILES string of the molecule is C=CC(N)=NCCC(CC=C(C)C(=O)OC(C)(C)C)CC(C)C(=O)N1CCN(c2cccc(C)n2)CC1. The maximum atomic E-state index is 13.3. The third kappa shape index (κ3) is 10.4. The Morgan fingerprint density at radius 3 is 2.51 bits per heavy atom. The summed E-state index contributed by atoms with van der Waals surface area (Å²) in [4.78, 5) is 38.8. The predicted molar refractivity (Wildman–Crippen MR) is 151 cm³/mol. The highest BCUT2D eigenvalue weighted by Crippen LogP contribution is 2.24. The van der Waals surface area contributed by atoms with Crippen LogP contribution >= 0.6 is 0 Å². The predicted octanol–water partition coefficient (Wildman–Crippen LogP) is 4.29. The Hall–Kier alpha value is -3.16. The molecule has 1 aromatic heterocycles. The number of carbonyl (C=O) groups is 2. The number of hydrogen-bond donors (Lipinski definition) is 1. The molecule has 0 radical (unpaired) electrons. The van der Waals surface area contributed by atoms with Crippen LogP contribution in [0.4, 0.5) is 5.82 Å². The normalized spacial score (nSPS) is 16.8. The topological polar surface area (TPSA) is 101 Å². The molecule has 37 heavy (non-hydrogen) atoms. The van der Waals surface area contributed by atoms with Crippen LogP contribution in [0, 0.1) is 18.8 Å². The number of amides is 1. The van der Waals surface area contributed by atoms with Crippen molar-refractivity contribution >= 4 is 23.5 Å². The highest BCUT2D eigenvalue weighted by Gasteiger charge is 2.27. The van der Waals surface area contributed by atoms with E-state index in [-0.39, 0.29) is 23.7 Å². The molecule has 2 unspecified atom stereocenters. The Morgan fingerprint density at radius 2 is 1.92 bits per heavy atom. The zero-order valence-corrected chi connectivity index (χ0v) is 23.5. The van der Waals surface area contributed by atoms with Crippen molar-refractivity contribution in [3.63, 3.8) is 0 Å². The number of aryl methyl sites for hydroxylation is 1. The number of nitrogens with two attached hydrogens (primary N) is 1. The quantitative estimate of drug-likeness (QED) is 0.206. The summed E-state index contributed by atoms with van der Waals surface area (Å²) < 4.78 is 5.48. The van der Waals surface area contributed by atoms with E-state index in [1.165, 1.54) is 6.08 Å². The fraction of sp³-hybridized carbons (Fsp3) is 0.586. The van der Waals surface area contributed by atoms with Crippen LogP contribution in [0.15, 0.2) is 47.5 Å². The Kier molecular flexibility index (Phi) is 11.3. The van der Waals surface area contributed by atoms with Crippen molar-refractivity contribution in [2.24, 2.45) is 22.6 Å². The summed E-state index contributed by atoms with van der Waals surface area (Å²) >= 11 is 0. The van der Waals surface area contributed by atoms with Gasteiger partial charge < -0.3 is 20.3 Å². The summed E-state index contributed by atoms with van der Waals surface area (Å²) in [5.41, 5.74) is 6.81. The first kappa shape index (κ1) is 30.1. The molecule has 2 atom stereocenters. The van der Waals surface area contributed by atoms with Gasteiger partial charge in [0, 0.05) is 49.9 Å². The van der Waals surface area contributed by atoms with Gasteiger partial charge in [0.2, 0.25) is 5.91 Å². The van der Waals surface area contributed by atoms with E-state index in [1.54, 1.807) is 6.92 Å². The minimum absolute atomic E-state index is 0.135. The molecule has 1 amide bonds. The van der Waals surface area contributed by atoms with Gasteiger partial charge >= 0.3 is 5.97 Å². The molecule has 1 aliphatic rings. The molecular formula is C29H45N5O3. The number of hydrogen-bond acceptors (Lipinski definition) is 6. The van der Waals surface area contributed by atoms with Gasteiger partial charge in [-0.1, -0.05) is 25.6 Å². The zero-order chi connectivity index (χ0) is 27.6. The Labute approximate surface area is 222 Å². The van der Waals surface area contributed by atoms with Crippen molar-refractivity contribution in [3.05, 3.63) is 48.2 Å². The van der Waals surface area contributed by atoms with Gasteiger partial charge in [0.1, 0.15) is 17.3 Å². The van der Waals surface area contributed by atoms with E-state index in [0.717, 1.165) is 31.0 Å². The van der Waals surface area contributed by atoms with E-state index in [1.807, 2.05) is 63.8 Å². The second-order valence-electron chi connectivity index (χ2n) is 10.9. The van der Waals surface area contributed by atoms with Crippen molar-refractivity contribution in [2.75, 3.05) is 37.6 Å². The first-order valence-corrected chi connectivity index (χ1v) is 13.2. The van der Waals surface area contributed by atoms with Crippen molar-refractivity contribution < 1.29 is 14.3 Å². The summed E-state index contributed by atoms with van der Waals surface area (Å²) in [5.74, 6) is 1.27. The van der Waals surface area contributed by atoms with Gasteiger partial charge in [-0.2, -0.15) is 0 Å². The number of esters is 1. The van der Waals surface area contributed by atoms with Gasteiger partial charge in [0.25, 0.3) is 0 Å². The second kappa shape index (κ2) is 14.0. The van der Waals surface area contributed by atoms with Crippen molar-refractivity contribution in [2.45, 2.75) is 66.4 Å². The number of ether oxygens (including phenoxy) is 1. The van der Waals surface area contributed by atoms with E-state index in [9.17, 15) is 9.59 Å². The number of allylic oxidation sites excluding steroid dienone is 1. The molecule has 2 heterocycles. The first-order valence-electron chi connectivity index (χ1n) is 13.2. The number of amidine groups is 1. The molecule has 0 spiro atoms. The Balaban J connectivity index is 1.99. The van der Waals surface area contributed by atoms with Gasteiger partial charge in [-0.3, -0.25) is 9.79 Å². The number of anilines is 1. The summed E-state index contributed by atoms with van der Waals surface area (Å²) in [7, 11) is 0. The number of piperazine rings is 1. The average Bonchev–Trinajstić information content (AvgIpc) is 2.85. The number of aromatic nitrogens is 1. The lowest BCUT2D eigenvalue weighted by Gasteiger charge is -2.37. The largest absolute Gasteiger partial charge is 0.457 e. The van der Waals surface area contributed by atoms with Gasteiger partial charge in [0.05, 0.1) is 0 Å². The third-order valence-corrected chi connectivity index (χ3v) is 6.42.